The molecule has 0 spiro atoms. The highest BCUT2D eigenvalue weighted by atomic mass is 35.5. The molecule has 4 rings (SSSR count). The molecule has 0 fully saturated rings. The highest BCUT2D eigenvalue weighted by Gasteiger charge is 2.41. The quantitative estimate of drug-likeness (QED) is 0.428. The molecule has 0 saturated heterocycles. The van der Waals surface area contributed by atoms with Crippen LogP contribution in [0.1, 0.15) is 21.6 Å². The molecule has 0 aliphatic rings. The van der Waals surface area contributed by atoms with E-state index in [-0.39, 0.29) is 27.9 Å². The Balaban J connectivity index is 1.71. The Kier molecular flexibility index (Phi) is 5.45. The van der Waals surface area contributed by atoms with Crippen molar-refractivity contribution in [3.05, 3.63) is 64.6 Å². The molecule has 15 heteroatoms. The first-order valence-electron chi connectivity index (χ1n) is 8.98. The van der Waals surface area contributed by atoms with Crippen molar-refractivity contribution >= 4 is 29.0 Å². The van der Waals surface area contributed by atoms with Crippen LogP contribution in [0.15, 0.2) is 36.9 Å². The van der Waals surface area contributed by atoms with Gasteiger partial charge in [0.1, 0.15) is 0 Å². The van der Waals surface area contributed by atoms with Crippen LogP contribution in [0.3, 0.4) is 0 Å². The number of pyridine rings is 2. The first-order chi connectivity index (χ1) is 15.6. The van der Waals surface area contributed by atoms with Crippen LogP contribution in [-0.4, -0.2) is 40.6 Å². The van der Waals surface area contributed by atoms with E-state index in [9.17, 15) is 22.4 Å². The van der Waals surface area contributed by atoms with Gasteiger partial charge in [0.05, 0.1) is 41.1 Å². The Morgan fingerprint density at radius 3 is 2.45 bits per heavy atom. The van der Waals surface area contributed by atoms with Gasteiger partial charge < -0.3 is 11.1 Å². The molecule has 0 bridgehead atoms. The molecular formula is C18H12ClF4N9O. The fourth-order valence-corrected chi connectivity index (χ4v) is 3.16. The van der Waals surface area contributed by atoms with Gasteiger partial charge in [-0.3, -0.25) is 4.79 Å². The number of alkyl halides is 3. The number of halogens is 5. The highest BCUT2D eigenvalue weighted by molar-refractivity contribution is 6.32. The summed E-state index contributed by atoms with van der Waals surface area (Å²) in [7, 11) is 0. The zero-order chi connectivity index (χ0) is 23.9. The number of hydrogen-bond acceptors (Lipinski definition) is 7. The van der Waals surface area contributed by atoms with Crippen molar-refractivity contribution in [2.45, 2.75) is 13.1 Å². The summed E-state index contributed by atoms with van der Waals surface area (Å²) in [6, 6.07) is 2.19. The molecule has 0 atom stereocenters. The molecule has 170 valence electrons. The lowest BCUT2D eigenvalue weighted by atomic mass is 10.2. The first kappa shape index (κ1) is 22.1. The van der Waals surface area contributed by atoms with Gasteiger partial charge in [0.15, 0.2) is 29.0 Å². The Labute approximate surface area is 187 Å². The normalized spacial score (nSPS) is 11.6. The Bertz CT molecular complexity index is 1350. The summed E-state index contributed by atoms with van der Waals surface area (Å²) in [5.74, 6) is -2.87. The van der Waals surface area contributed by atoms with E-state index in [1.165, 1.54) is 31.6 Å². The van der Waals surface area contributed by atoms with Gasteiger partial charge in [-0.1, -0.05) is 11.6 Å². The second-order valence-corrected chi connectivity index (χ2v) is 7.02. The van der Waals surface area contributed by atoms with Crippen molar-refractivity contribution in [2.24, 2.45) is 0 Å². The zero-order valence-corrected chi connectivity index (χ0v) is 17.2. The van der Waals surface area contributed by atoms with Crippen LogP contribution < -0.4 is 11.1 Å². The zero-order valence-electron chi connectivity index (χ0n) is 16.5. The number of aromatic nitrogens is 7. The van der Waals surface area contributed by atoms with Gasteiger partial charge in [-0.05, 0) is 24.6 Å². The van der Waals surface area contributed by atoms with E-state index >= 15 is 0 Å². The number of nitrogens with one attached hydrogen (secondary N) is 1. The summed E-state index contributed by atoms with van der Waals surface area (Å²) in [4.78, 5) is 21.5. The van der Waals surface area contributed by atoms with E-state index in [1.54, 1.807) is 0 Å². The van der Waals surface area contributed by atoms with Crippen molar-refractivity contribution in [3.63, 3.8) is 0 Å². The summed E-state index contributed by atoms with van der Waals surface area (Å²) in [5.41, 5.74) is 3.22. The van der Waals surface area contributed by atoms with Crippen LogP contribution in [0.2, 0.25) is 5.02 Å². The number of aryl methyl sites for hydroxylation is 1. The fraction of sp³-hybridized carbons (Fsp3) is 0.111. The average Bonchev–Trinajstić information content (AvgIpc) is 3.40. The number of nitrogens with two attached hydrogens (primary N) is 1. The first-order valence-corrected chi connectivity index (χ1v) is 9.36. The van der Waals surface area contributed by atoms with Gasteiger partial charge in [-0.2, -0.15) is 28.5 Å². The molecule has 0 unspecified atom stereocenters. The standard InChI is InChI=1S/C18H12ClF4N9O/c1-8-4-12(20)14(24)30-15(8)31-13(18(21,22)23)10(7-28-31)17(33)29-9-5-11(19)16(25-6-9)32-26-2-3-27-32/h2-7H,1H3,(H2,24,30)(H,29,33). The van der Waals surface area contributed by atoms with Gasteiger partial charge in [0.25, 0.3) is 5.91 Å². The van der Waals surface area contributed by atoms with Crippen LogP contribution in [0.25, 0.3) is 11.6 Å². The molecular weight excluding hydrogens is 470 g/mol. The summed E-state index contributed by atoms with van der Waals surface area (Å²) in [6.07, 6.45) is -0.320. The van der Waals surface area contributed by atoms with E-state index in [2.05, 4.69) is 30.6 Å². The Hall–Kier alpha value is -4.07. The predicted molar refractivity (Wildman–Crippen MR) is 108 cm³/mol. The van der Waals surface area contributed by atoms with E-state index in [1.807, 2.05) is 0 Å². The lowest BCUT2D eigenvalue weighted by Gasteiger charge is -2.14. The van der Waals surface area contributed by atoms with Crippen molar-refractivity contribution in [2.75, 3.05) is 11.1 Å². The van der Waals surface area contributed by atoms with E-state index in [0.29, 0.717) is 4.68 Å². The van der Waals surface area contributed by atoms with Crippen molar-refractivity contribution in [1.82, 2.24) is 34.7 Å². The molecule has 1 amide bonds. The smallest absolute Gasteiger partial charge is 0.381 e. The van der Waals surface area contributed by atoms with Gasteiger partial charge in [0, 0.05) is 0 Å². The lowest BCUT2D eigenvalue weighted by Crippen LogP contribution is -2.22. The highest BCUT2D eigenvalue weighted by Crippen LogP contribution is 2.34. The summed E-state index contributed by atoms with van der Waals surface area (Å²) >= 11 is 6.12. The van der Waals surface area contributed by atoms with Crippen LogP contribution in [-0.2, 0) is 6.18 Å². The Morgan fingerprint density at radius 2 is 1.82 bits per heavy atom. The third-order valence-electron chi connectivity index (χ3n) is 4.34. The molecule has 0 aliphatic carbocycles. The minimum Gasteiger partial charge on any atom is -0.381 e. The number of nitrogen functional groups attached to an aromatic ring is 1. The van der Waals surface area contributed by atoms with Gasteiger partial charge in [-0.25, -0.2) is 19.0 Å². The number of rotatable bonds is 4. The molecule has 3 N–H and O–H groups in total. The van der Waals surface area contributed by atoms with Gasteiger partial charge in [-0.15, -0.1) is 4.80 Å². The predicted octanol–water partition coefficient (Wildman–Crippen LogP) is 3.20. The number of amides is 1. The number of carbonyl (C=O) groups is 1. The van der Waals surface area contributed by atoms with Crippen molar-refractivity contribution in [3.8, 4) is 11.6 Å². The molecule has 33 heavy (non-hydrogen) atoms. The third-order valence-corrected chi connectivity index (χ3v) is 4.62. The summed E-state index contributed by atoms with van der Waals surface area (Å²) in [6.45, 7) is 1.33. The average molecular weight is 482 g/mol. The van der Waals surface area contributed by atoms with Crippen LogP contribution >= 0.6 is 11.6 Å². The number of carbonyl (C=O) groups excluding carboxylic acids is 1. The van der Waals surface area contributed by atoms with Crippen molar-refractivity contribution < 1.29 is 22.4 Å². The number of anilines is 2. The van der Waals surface area contributed by atoms with Crippen LogP contribution in [0, 0.1) is 12.7 Å². The maximum Gasteiger partial charge on any atom is 0.434 e. The van der Waals surface area contributed by atoms with Crippen molar-refractivity contribution in [1.29, 1.82) is 0 Å². The molecule has 0 saturated carbocycles. The lowest BCUT2D eigenvalue weighted by molar-refractivity contribution is -0.143. The molecule has 10 nitrogen and oxygen atoms in total. The minimum absolute atomic E-state index is 0.0158. The summed E-state index contributed by atoms with van der Waals surface area (Å²) in [5, 5.41) is 13.7. The molecule has 4 heterocycles. The van der Waals surface area contributed by atoms with E-state index in [0.717, 1.165) is 17.1 Å². The van der Waals surface area contributed by atoms with Gasteiger partial charge in [0.2, 0.25) is 0 Å². The molecule has 0 aliphatic heterocycles. The summed E-state index contributed by atoms with van der Waals surface area (Å²) < 4.78 is 55.7. The Morgan fingerprint density at radius 1 is 1.12 bits per heavy atom. The fourth-order valence-electron chi connectivity index (χ4n) is 2.92. The molecule has 0 radical (unpaired) electrons. The number of hydrogen-bond donors (Lipinski definition) is 2. The topological polar surface area (TPSA) is 129 Å². The SMILES string of the molecule is Cc1cc(F)c(N)nc1-n1ncc(C(=O)Nc2cnc(-n3nccn3)c(Cl)c2)c1C(F)(F)F. The third kappa shape index (κ3) is 4.19. The molecule has 0 aromatic carbocycles. The maximum atomic E-state index is 13.9. The van der Waals surface area contributed by atoms with Gasteiger partial charge >= 0.3 is 6.18 Å². The monoisotopic (exact) mass is 481 g/mol. The second-order valence-electron chi connectivity index (χ2n) is 6.61. The molecule has 4 aromatic rings. The second kappa shape index (κ2) is 8.12. The van der Waals surface area contributed by atoms with E-state index in [4.69, 9.17) is 17.3 Å². The molecule has 4 aromatic heterocycles. The largest absolute Gasteiger partial charge is 0.434 e. The minimum atomic E-state index is -5.01. The van der Waals surface area contributed by atoms with E-state index < -0.39 is 35.0 Å². The number of nitrogens with zero attached hydrogens (tertiary/aromatic N) is 7. The van der Waals surface area contributed by atoms with Crippen LogP contribution in [0.5, 0.6) is 0 Å². The maximum absolute atomic E-state index is 13.9. The van der Waals surface area contributed by atoms with Crippen LogP contribution in [0.4, 0.5) is 29.1 Å².